The average molecular weight is 337 g/mol. The van der Waals surface area contributed by atoms with Crippen molar-refractivity contribution in [3.63, 3.8) is 0 Å². The standard InChI is InChI=1S/C19H19N3O3/c1-25-14-5-2-4-12(8-14)17-9-13(23)10-22(17)19(24)15-6-3-7-16-18(15)21-11-20-16/h2-8,11,13,17,23H,9-10H2,1H3,(H,20,21)/t13-,17-/m1/s1. The number of aliphatic hydroxyl groups is 1. The second-order valence-electron chi connectivity index (χ2n) is 6.24. The molecule has 0 spiro atoms. The Hall–Kier alpha value is -2.86. The van der Waals surface area contributed by atoms with Crippen molar-refractivity contribution in [1.82, 2.24) is 14.9 Å². The number of para-hydroxylation sites is 1. The number of methoxy groups -OCH3 is 1. The second kappa shape index (κ2) is 6.22. The summed E-state index contributed by atoms with van der Waals surface area (Å²) in [5.74, 6) is 0.614. The number of nitrogens with zero attached hydrogens (tertiary/aromatic N) is 2. The van der Waals surface area contributed by atoms with Gasteiger partial charge in [0.15, 0.2) is 0 Å². The first-order valence-electron chi connectivity index (χ1n) is 8.22. The number of nitrogens with one attached hydrogen (secondary N) is 1. The lowest BCUT2D eigenvalue weighted by Crippen LogP contribution is -2.32. The Morgan fingerprint density at radius 1 is 1.32 bits per heavy atom. The van der Waals surface area contributed by atoms with E-state index < -0.39 is 6.10 Å². The minimum absolute atomic E-state index is 0.123. The lowest BCUT2D eigenvalue weighted by molar-refractivity contribution is 0.0717. The van der Waals surface area contributed by atoms with E-state index in [9.17, 15) is 9.90 Å². The van der Waals surface area contributed by atoms with Gasteiger partial charge in [-0.25, -0.2) is 4.98 Å². The fraction of sp³-hybridized carbons (Fsp3) is 0.263. The van der Waals surface area contributed by atoms with E-state index in [-0.39, 0.29) is 11.9 Å². The molecule has 0 saturated carbocycles. The molecule has 6 heteroatoms. The van der Waals surface area contributed by atoms with Crippen LogP contribution in [-0.2, 0) is 0 Å². The monoisotopic (exact) mass is 337 g/mol. The number of hydrogen-bond acceptors (Lipinski definition) is 4. The van der Waals surface area contributed by atoms with Gasteiger partial charge in [0, 0.05) is 6.54 Å². The number of aromatic amines is 1. The number of imidazole rings is 1. The average Bonchev–Trinajstić information content (AvgIpc) is 3.27. The number of amides is 1. The molecular weight excluding hydrogens is 318 g/mol. The highest BCUT2D eigenvalue weighted by Gasteiger charge is 2.36. The van der Waals surface area contributed by atoms with E-state index in [0.717, 1.165) is 16.8 Å². The Kier molecular flexibility index (Phi) is 3.89. The van der Waals surface area contributed by atoms with Crippen LogP contribution in [-0.4, -0.2) is 45.6 Å². The Morgan fingerprint density at radius 2 is 2.16 bits per heavy atom. The summed E-state index contributed by atoms with van der Waals surface area (Å²) in [4.78, 5) is 22.2. The normalized spacial score (nSPS) is 20.2. The van der Waals surface area contributed by atoms with Gasteiger partial charge in [-0.2, -0.15) is 0 Å². The van der Waals surface area contributed by atoms with Gasteiger partial charge >= 0.3 is 0 Å². The molecule has 1 amide bonds. The number of β-amino-alcohol motifs (C(OH)–C–C–N with tert-alkyl or cyclic N) is 1. The zero-order valence-corrected chi connectivity index (χ0v) is 13.8. The predicted molar refractivity (Wildman–Crippen MR) is 93.5 cm³/mol. The van der Waals surface area contributed by atoms with Crippen molar-refractivity contribution in [3.05, 3.63) is 59.9 Å². The summed E-state index contributed by atoms with van der Waals surface area (Å²) in [6, 6.07) is 12.9. The van der Waals surface area contributed by atoms with Crippen LogP contribution in [0.4, 0.5) is 0 Å². The number of hydrogen-bond donors (Lipinski definition) is 2. The summed E-state index contributed by atoms with van der Waals surface area (Å²) in [5, 5.41) is 10.2. The quantitative estimate of drug-likeness (QED) is 0.770. The van der Waals surface area contributed by atoms with Crippen molar-refractivity contribution in [2.75, 3.05) is 13.7 Å². The van der Waals surface area contributed by atoms with Crippen LogP contribution in [0.2, 0.25) is 0 Å². The minimum atomic E-state index is -0.543. The fourth-order valence-corrected chi connectivity index (χ4v) is 3.50. The van der Waals surface area contributed by atoms with Crippen molar-refractivity contribution in [1.29, 1.82) is 0 Å². The van der Waals surface area contributed by atoms with Gasteiger partial charge in [0.25, 0.3) is 5.91 Å². The third-order valence-corrected chi connectivity index (χ3v) is 4.70. The molecule has 0 radical (unpaired) electrons. The minimum Gasteiger partial charge on any atom is -0.497 e. The largest absolute Gasteiger partial charge is 0.497 e. The molecule has 25 heavy (non-hydrogen) atoms. The highest BCUT2D eigenvalue weighted by atomic mass is 16.5. The van der Waals surface area contributed by atoms with E-state index in [1.165, 1.54) is 0 Å². The number of rotatable bonds is 3. The maximum absolute atomic E-state index is 13.2. The maximum atomic E-state index is 13.2. The molecule has 1 fully saturated rings. The highest BCUT2D eigenvalue weighted by molar-refractivity contribution is 6.05. The van der Waals surface area contributed by atoms with E-state index in [1.54, 1.807) is 24.4 Å². The number of ether oxygens (including phenoxy) is 1. The summed E-state index contributed by atoms with van der Waals surface area (Å²) in [6.45, 7) is 0.307. The molecule has 3 aromatic rings. The first-order valence-corrected chi connectivity index (χ1v) is 8.22. The van der Waals surface area contributed by atoms with Gasteiger partial charge < -0.3 is 19.7 Å². The van der Waals surface area contributed by atoms with Crippen LogP contribution >= 0.6 is 0 Å². The zero-order chi connectivity index (χ0) is 17.4. The van der Waals surface area contributed by atoms with Crippen molar-refractivity contribution in [2.24, 2.45) is 0 Å². The molecule has 1 saturated heterocycles. The third kappa shape index (κ3) is 2.74. The summed E-state index contributed by atoms with van der Waals surface area (Å²) in [5.41, 5.74) is 2.97. The van der Waals surface area contributed by atoms with Crippen LogP contribution < -0.4 is 4.74 Å². The topological polar surface area (TPSA) is 78.5 Å². The molecule has 1 aliphatic rings. The lowest BCUT2D eigenvalue weighted by Gasteiger charge is -2.25. The molecule has 2 aromatic carbocycles. The Morgan fingerprint density at radius 3 is 3.00 bits per heavy atom. The number of carbonyl (C=O) groups is 1. The van der Waals surface area contributed by atoms with E-state index in [0.29, 0.717) is 24.0 Å². The number of carbonyl (C=O) groups excluding carboxylic acids is 1. The third-order valence-electron chi connectivity index (χ3n) is 4.70. The van der Waals surface area contributed by atoms with Crippen molar-refractivity contribution in [2.45, 2.75) is 18.6 Å². The number of aliphatic hydroxyl groups excluding tert-OH is 1. The summed E-state index contributed by atoms with van der Waals surface area (Å²) < 4.78 is 5.29. The van der Waals surface area contributed by atoms with Crippen LogP contribution in [0.25, 0.3) is 11.0 Å². The molecular formula is C19H19N3O3. The van der Waals surface area contributed by atoms with Gasteiger partial charge in [0.2, 0.25) is 0 Å². The van der Waals surface area contributed by atoms with Crippen molar-refractivity contribution >= 4 is 16.9 Å². The second-order valence-corrected chi connectivity index (χ2v) is 6.24. The summed E-state index contributed by atoms with van der Waals surface area (Å²) in [7, 11) is 1.61. The van der Waals surface area contributed by atoms with Gasteiger partial charge in [-0.1, -0.05) is 18.2 Å². The van der Waals surface area contributed by atoms with Gasteiger partial charge in [0.1, 0.15) is 11.3 Å². The van der Waals surface area contributed by atoms with Gasteiger partial charge in [-0.15, -0.1) is 0 Å². The highest BCUT2D eigenvalue weighted by Crippen LogP contribution is 2.35. The maximum Gasteiger partial charge on any atom is 0.256 e. The van der Waals surface area contributed by atoms with Crippen LogP contribution in [0.3, 0.4) is 0 Å². The molecule has 0 unspecified atom stereocenters. The Labute approximate surface area is 145 Å². The van der Waals surface area contributed by atoms with Crippen LogP contribution in [0.5, 0.6) is 5.75 Å². The first-order chi connectivity index (χ1) is 12.2. The number of benzene rings is 2. The number of H-pyrrole nitrogens is 1. The molecule has 1 aliphatic heterocycles. The summed E-state index contributed by atoms with van der Waals surface area (Å²) in [6.07, 6.45) is 1.55. The number of fused-ring (bicyclic) bond motifs is 1. The molecule has 2 N–H and O–H groups in total. The lowest BCUT2D eigenvalue weighted by atomic mass is 10.0. The molecule has 4 rings (SSSR count). The predicted octanol–water partition coefficient (Wildman–Crippen LogP) is 2.52. The van der Waals surface area contributed by atoms with Gasteiger partial charge in [0.05, 0.1) is 36.7 Å². The SMILES string of the molecule is COc1cccc([C@H]2C[C@@H](O)CN2C(=O)c2cccc3[nH]cnc23)c1. The van der Waals surface area contributed by atoms with Gasteiger partial charge in [-0.05, 0) is 36.2 Å². The van der Waals surface area contributed by atoms with E-state index in [1.807, 2.05) is 36.4 Å². The van der Waals surface area contributed by atoms with Crippen molar-refractivity contribution in [3.8, 4) is 5.75 Å². The Balaban J connectivity index is 1.72. The van der Waals surface area contributed by atoms with Crippen LogP contribution in [0, 0.1) is 0 Å². The van der Waals surface area contributed by atoms with E-state index in [4.69, 9.17) is 4.74 Å². The smallest absolute Gasteiger partial charge is 0.256 e. The molecule has 128 valence electrons. The fourth-order valence-electron chi connectivity index (χ4n) is 3.50. The first kappa shape index (κ1) is 15.7. The van der Waals surface area contributed by atoms with Crippen LogP contribution in [0.15, 0.2) is 48.8 Å². The van der Waals surface area contributed by atoms with E-state index in [2.05, 4.69) is 9.97 Å². The number of likely N-dealkylation sites (tertiary alicyclic amines) is 1. The number of aromatic nitrogens is 2. The van der Waals surface area contributed by atoms with Crippen molar-refractivity contribution < 1.29 is 14.6 Å². The molecule has 6 nitrogen and oxygen atoms in total. The molecule has 0 bridgehead atoms. The molecule has 2 atom stereocenters. The molecule has 2 heterocycles. The molecule has 0 aliphatic carbocycles. The Bertz CT molecular complexity index is 921. The van der Waals surface area contributed by atoms with E-state index >= 15 is 0 Å². The summed E-state index contributed by atoms with van der Waals surface area (Å²) >= 11 is 0. The molecule has 1 aromatic heterocycles. The van der Waals surface area contributed by atoms with Crippen LogP contribution in [0.1, 0.15) is 28.4 Å². The zero-order valence-electron chi connectivity index (χ0n) is 13.8. The van der Waals surface area contributed by atoms with Gasteiger partial charge in [-0.3, -0.25) is 4.79 Å².